The van der Waals surface area contributed by atoms with Gasteiger partial charge in [0.1, 0.15) is 18.1 Å². The molecule has 5 N–H and O–H groups in total. The second-order valence-electron chi connectivity index (χ2n) is 10.6. The van der Waals surface area contributed by atoms with Crippen molar-refractivity contribution in [2.45, 2.75) is 20.3 Å². The van der Waals surface area contributed by atoms with E-state index in [2.05, 4.69) is 67.6 Å². The third-order valence-electron chi connectivity index (χ3n) is 7.48. The first-order valence-corrected chi connectivity index (χ1v) is 14.5. The van der Waals surface area contributed by atoms with E-state index in [4.69, 9.17) is 26.0 Å². The summed E-state index contributed by atoms with van der Waals surface area (Å²) in [4.78, 5) is 10.9. The predicted molar refractivity (Wildman–Crippen MR) is 179 cm³/mol. The predicted octanol–water partition coefficient (Wildman–Crippen LogP) is 8.25. The summed E-state index contributed by atoms with van der Waals surface area (Å²) < 4.78 is 11.7. The minimum absolute atomic E-state index is 0.383. The lowest BCUT2D eigenvalue weighted by Crippen LogP contribution is -2.10. The van der Waals surface area contributed by atoms with Crippen molar-refractivity contribution in [3.8, 4) is 33.8 Å². The van der Waals surface area contributed by atoms with E-state index in [1.165, 1.54) is 0 Å². The lowest BCUT2D eigenvalue weighted by molar-refractivity contribution is -0.139. The van der Waals surface area contributed by atoms with Gasteiger partial charge in [0.2, 0.25) is 0 Å². The SMILES string of the molecule is CCC(COc1ccc(OCC(=O)O)c(C)c1)=C(c1ccc(-c2cccc(N)c2)cc1)c1ccc(-c2cccc(N)c2)cc1. The Morgan fingerprint density at radius 1 is 0.659 bits per heavy atom. The first kappa shape index (κ1) is 30.0. The zero-order valence-electron chi connectivity index (χ0n) is 24.9. The van der Waals surface area contributed by atoms with Crippen LogP contribution in [-0.4, -0.2) is 24.3 Å². The summed E-state index contributed by atoms with van der Waals surface area (Å²) in [6, 6.07) is 38.3. The van der Waals surface area contributed by atoms with E-state index in [1.807, 2.05) is 49.4 Å². The highest BCUT2D eigenvalue weighted by Gasteiger charge is 2.14. The highest BCUT2D eigenvalue weighted by atomic mass is 16.5. The monoisotopic (exact) mass is 584 g/mol. The molecule has 0 aliphatic heterocycles. The van der Waals surface area contributed by atoms with Crippen molar-refractivity contribution < 1.29 is 19.4 Å². The van der Waals surface area contributed by atoms with E-state index in [9.17, 15) is 4.79 Å². The summed E-state index contributed by atoms with van der Waals surface area (Å²) in [5, 5.41) is 8.94. The molecular weight excluding hydrogens is 548 g/mol. The van der Waals surface area contributed by atoms with E-state index in [0.717, 1.165) is 67.9 Å². The third-order valence-corrected chi connectivity index (χ3v) is 7.48. The molecule has 0 atom stereocenters. The van der Waals surface area contributed by atoms with Crippen molar-refractivity contribution in [3.05, 3.63) is 138 Å². The molecule has 44 heavy (non-hydrogen) atoms. The van der Waals surface area contributed by atoms with Crippen LogP contribution in [0.3, 0.4) is 0 Å². The molecule has 0 aliphatic rings. The summed E-state index contributed by atoms with van der Waals surface area (Å²) >= 11 is 0. The van der Waals surface area contributed by atoms with E-state index in [0.29, 0.717) is 18.1 Å². The van der Waals surface area contributed by atoms with Gasteiger partial charge in [-0.05, 0) is 106 Å². The van der Waals surface area contributed by atoms with Crippen molar-refractivity contribution in [2.75, 3.05) is 24.7 Å². The van der Waals surface area contributed by atoms with Crippen molar-refractivity contribution >= 4 is 22.9 Å². The molecule has 222 valence electrons. The number of hydrogen-bond acceptors (Lipinski definition) is 5. The van der Waals surface area contributed by atoms with Crippen LogP contribution in [0, 0.1) is 6.92 Å². The van der Waals surface area contributed by atoms with Crippen molar-refractivity contribution in [1.29, 1.82) is 0 Å². The largest absolute Gasteiger partial charge is 0.489 e. The average Bonchev–Trinajstić information content (AvgIpc) is 3.03. The quantitative estimate of drug-likeness (QED) is 0.135. The van der Waals surface area contributed by atoms with E-state index >= 15 is 0 Å². The Balaban J connectivity index is 1.49. The van der Waals surface area contributed by atoms with Gasteiger partial charge >= 0.3 is 5.97 Å². The van der Waals surface area contributed by atoms with Crippen LogP contribution >= 0.6 is 0 Å². The fourth-order valence-corrected chi connectivity index (χ4v) is 5.20. The van der Waals surface area contributed by atoms with Crippen LogP contribution in [0.4, 0.5) is 11.4 Å². The van der Waals surface area contributed by atoms with Crippen LogP contribution < -0.4 is 20.9 Å². The number of aliphatic carboxylic acids is 1. The number of benzene rings is 5. The Kier molecular flexibility index (Phi) is 9.31. The number of nitrogens with two attached hydrogens (primary N) is 2. The van der Waals surface area contributed by atoms with Gasteiger partial charge in [-0.1, -0.05) is 79.7 Å². The van der Waals surface area contributed by atoms with Gasteiger partial charge in [-0.25, -0.2) is 4.79 Å². The normalized spacial score (nSPS) is 10.7. The van der Waals surface area contributed by atoms with Crippen molar-refractivity contribution in [1.82, 2.24) is 0 Å². The van der Waals surface area contributed by atoms with Gasteiger partial charge in [0.15, 0.2) is 6.61 Å². The zero-order valence-corrected chi connectivity index (χ0v) is 24.9. The Morgan fingerprint density at radius 3 is 1.66 bits per heavy atom. The van der Waals surface area contributed by atoms with E-state index < -0.39 is 5.97 Å². The standard InChI is InChI=1S/C38H36N2O4/c1-3-26(23-43-35-18-19-36(25(2)20-35)44-24-37(41)42)38(29-14-10-27(11-15-29)31-6-4-8-33(39)21-31)30-16-12-28(13-17-30)32-7-5-9-34(40)22-32/h4-22H,3,23-24,39-40H2,1-2H3,(H,41,42). The molecule has 0 bridgehead atoms. The second-order valence-corrected chi connectivity index (χ2v) is 10.6. The van der Waals surface area contributed by atoms with Crippen LogP contribution in [0.25, 0.3) is 27.8 Å². The second kappa shape index (κ2) is 13.7. The number of carboxylic acid groups (broad SMARTS) is 1. The minimum atomic E-state index is -1.02. The number of aryl methyl sites for hydroxylation is 1. The Labute approximate surface area is 258 Å². The third kappa shape index (κ3) is 7.28. The number of carbonyl (C=O) groups is 1. The molecule has 0 saturated carbocycles. The summed E-state index contributed by atoms with van der Waals surface area (Å²) in [5.74, 6) is 0.188. The molecule has 5 rings (SSSR count). The van der Waals surface area contributed by atoms with Crippen LogP contribution in [0.15, 0.2) is 121 Å². The number of rotatable bonds is 11. The Morgan fingerprint density at radius 2 is 1.20 bits per heavy atom. The first-order chi connectivity index (χ1) is 21.3. The van der Waals surface area contributed by atoms with E-state index in [-0.39, 0.29) is 6.61 Å². The highest BCUT2D eigenvalue weighted by Crippen LogP contribution is 2.33. The average molecular weight is 585 g/mol. The maximum Gasteiger partial charge on any atom is 0.341 e. The van der Waals surface area contributed by atoms with Crippen LogP contribution in [-0.2, 0) is 4.79 Å². The molecule has 6 nitrogen and oxygen atoms in total. The molecule has 5 aromatic carbocycles. The molecule has 0 aliphatic carbocycles. The maximum atomic E-state index is 10.9. The number of ether oxygens (including phenoxy) is 2. The fraction of sp³-hybridized carbons (Fsp3) is 0.132. The molecule has 0 spiro atoms. The minimum Gasteiger partial charge on any atom is -0.489 e. The van der Waals surface area contributed by atoms with Crippen LogP contribution in [0.1, 0.15) is 30.0 Å². The van der Waals surface area contributed by atoms with Gasteiger partial charge in [0.25, 0.3) is 0 Å². The van der Waals surface area contributed by atoms with Gasteiger partial charge in [-0.3, -0.25) is 0 Å². The number of anilines is 2. The van der Waals surface area contributed by atoms with Gasteiger partial charge in [0, 0.05) is 11.4 Å². The molecule has 0 unspecified atom stereocenters. The maximum absolute atomic E-state index is 10.9. The van der Waals surface area contributed by atoms with Crippen molar-refractivity contribution in [3.63, 3.8) is 0 Å². The van der Waals surface area contributed by atoms with Gasteiger partial charge in [0.05, 0.1) is 0 Å². The molecule has 0 fully saturated rings. The summed E-state index contributed by atoms with van der Waals surface area (Å²) in [5.41, 5.74) is 23.1. The lowest BCUT2D eigenvalue weighted by Gasteiger charge is -2.18. The topological polar surface area (TPSA) is 108 Å². The molecule has 0 radical (unpaired) electrons. The molecular formula is C38H36N2O4. The summed E-state index contributed by atoms with van der Waals surface area (Å²) in [6.45, 7) is 4.00. The first-order valence-electron chi connectivity index (χ1n) is 14.5. The molecule has 0 saturated heterocycles. The molecule has 0 amide bonds. The molecule has 6 heteroatoms. The molecule has 5 aromatic rings. The van der Waals surface area contributed by atoms with Gasteiger partial charge in [-0.2, -0.15) is 0 Å². The summed E-state index contributed by atoms with van der Waals surface area (Å²) in [7, 11) is 0. The molecule has 0 aromatic heterocycles. The number of nitrogen functional groups attached to an aromatic ring is 2. The number of hydrogen-bond donors (Lipinski definition) is 3. The lowest BCUT2D eigenvalue weighted by atomic mass is 9.90. The zero-order chi connectivity index (χ0) is 31.1. The Bertz CT molecular complexity index is 1700. The summed E-state index contributed by atoms with van der Waals surface area (Å²) in [6.07, 6.45) is 0.780. The van der Waals surface area contributed by atoms with Crippen LogP contribution in [0.5, 0.6) is 11.5 Å². The number of carboxylic acids is 1. The van der Waals surface area contributed by atoms with Gasteiger partial charge < -0.3 is 26.0 Å². The smallest absolute Gasteiger partial charge is 0.341 e. The van der Waals surface area contributed by atoms with Crippen LogP contribution in [0.2, 0.25) is 0 Å². The highest BCUT2D eigenvalue weighted by molar-refractivity contribution is 5.84. The van der Waals surface area contributed by atoms with Crippen molar-refractivity contribution in [2.24, 2.45) is 0 Å². The fourth-order valence-electron chi connectivity index (χ4n) is 5.20. The van der Waals surface area contributed by atoms with E-state index in [1.54, 1.807) is 12.1 Å². The Hall–Kier alpha value is -5.49. The molecule has 0 heterocycles. The van der Waals surface area contributed by atoms with Gasteiger partial charge in [-0.15, -0.1) is 0 Å².